The lowest BCUT2D eigenvalue weighted by Gasteiger charge is -2.09. The molecule has 0 saturated heterocycles. The van der Waals surface area contributed by atoms with Gasteiger partial charge in [0.1, 0.15) is 5.82 Å². The lowest BCUT2D eigenvalue weighted by molar-refractivity contribution is 0.825. The SMILES string of the molecule is Cc1ccc(-c2nc3nc4ccccc4nc3n2Cc2ccccc2)cc1. The normalized spacial score (nSPS) is 11.3. The minimum atomic E-state index is 0.681. The molecule has 0 atom stereocenters. The number of hydrogen-bond donors (Lipinski definition) is 0. The summed E-state index contributed by atoms with van der Waals surface area (Å²) in [4.78, 5) is 14.5. The van der Waals surface area contributed by atoms with Crippen molar-refractivity contribution < 1.29 is 0 Å². The van der Waals surface area contributed by atoms with Crippen LogP contribution in [-0.4, -0.2) is 19.5 Å². The second-order valence-corrected chi connectivity index (χ2v) is 6.73. The maximum atomic E-state index is 4.88. The molecule has 0 bridgehead atoms. The molecule has 0 aliphatic heterocycles. The number of fused-ring (bicyclic) bond motifs is 2. The van der Waals surface area contributed by atoms with Gasteiger partial charge in [-0.25, -0.2) is 15.0 Å². The van der Waals surface area contributed by atoms with Crippen molar-refractivity contribution in [1.29, 1.82) is 0 Å². The van der Waals surface area contributed by atoms with Crippen molar-refractivity contribution >= 4 is 22.3 Å². The van der Waals surface area contributed by atoms with Crippen LogP contribution < -0.4 is 0 Å². The van der Waals surface area contributed by atoms with Crippen LogP contribution in [0.3, 0.4) is 0 Å². The monoisotopic (exact) mass is 350 g/mol. The molecular formula is C23H18N4. The number of imidazole rings is 1. The van der Waals surface area contributed by atoms with Crippen LogP contribution in [0.15, 0.2) is 78.9 Å². The predicted molar refractivity (Wildman–Crippen MR) is 109 cm³/mol. The Morgan fingerprint density at radius 2 is 1.37 bits per heavy atom. The van der Waals surface area contributed by atoms with Gasteiger partial charge in [-0.1, -0.05) is 72.3 Å². The second kappa shape index (κ2) is 6.32. The van der Waals surface area contributed by atoms with Crippen LogP contribution in [-0.2, 0) is 6.54 Å². The first-order valence-electron chi connectivity index (χ1n) is 9.02. The van der Waals surface area contributed by atoms with Gasteiger partial charge in [0.15, 0.2) is 11.3 Å². The van der Waals surface area contributed by atoms with Crippen LogP contribution in [0.1, 0.15) is 11.1 Å². The Bertz CT molecular complexity index is 1240. The Kier molecular flexibility index (Phi) is 3.68. The fourth-order valence-electron chi connectivity index (χ4n) is 3.34. The Balaban J connectivity index is 1.77. The predicted octanol–water partition coefficient (Wildman–Crippen LogP) is 5.00. The molecular weight excluding hydrogens is 332 g/mol. The molecule has 4 nitrogen and oxygen atoms in total. The van der Waals surface area contributed by atoms with Crippen LogP contribution in [0.5, 0.6) is 0 Å². The Morgan fingerprint density at radius 3 is 2.11 bits per heavy atom. The van der Waals surface area contributed by atoms with Gasteiger partial charge < -0.3 is 4.57 Å². The fraction of sp³-hybridized carbons (Fsp3) is 0.0870. The van der Waals surface area contributed by atoms with Gasteiger partial charge in [0.2, 0.25) is 0 Å². The van der Waals surface area contributed by atoms with Crippen molar-refractivity contribution in [1.82, 2.24) is 19.5 Å². The van der Waals surface area contributed by atoms with E-state index in [1.165, 1.54) is 11.1 Å². The molecule has 4 heteroatoms. The number of nitrogens with zero attached hydrogens (tertiary/aromatic N) is 4. The largest absolute Gasteiger partial charge is 0.303 e. The van der Waals surface area contributed by atoms with E-state index in [-0.39, 0.29) is 0 Å². The number of aryl methyl sites for hydroxylation is 1. The van der Waals surface area contributed by atoms with Gasteiger partial charge in [-0.05, 0) is 24.6 Å². The third-order valence-corrected chi connectivity index (χ3v) is 4.75. The Labute approximate surface area is 157 Å². The molecule has 5 aromatic rings. The molecule has 0 spiro atoms. The summed E-state index contributed by atoms with van der Waals surface area (Å²) in [6.45, 7) is 2.79. The van der Waals surface area contributed by atoms with Crippen LogP contribution in [0.4, 0.5) is 0 Å². The number of aromatic nitrogens is 4. The summed E-state index contributed by atoms with van der Waals surface area (Å²) in [5.41, 5.74) is 6.75. The summed E-state index contributed by atoms with van der Waals surface area (Å²) in [5.74, 6) is 0.893. The van der Waals surface area contributed by atoms with E-state index in [4.69, 9.17) is 15.0 Å². The summed E-state index contributed by atoms with van der Waals surface area (Å²) in [6.07, 6.45) is 0. The molecule has 0 unspecified atom stereocenters. The van der Waals surface area contributed by atoms with Crippen molar-refractivity contribution in [3.63, 3.8) is 0 Å². The highest BCUT2D eigenvalue weighted by Crippen LogP contribution is 2.26. The van der Waals surface area contributed by atoms with Gasteiger partial charge in [-0.2, -0.15) is 0 Å². The third-order valence-electron chi connectivity index (χ3n) is 4.75. The minimum Gasteiger partial charge on any atom is -0.303 e. The summed E-state index contributed by atoms with van der Waals surface area (Å²) < 4.78 is 2.16. The van der Waals surface area contributed by atoms with Crippen LogP contribution >= 0.6 is 0 Å². The molecule has 27 heavy (non-hydrogen) atoms. The molecule has 5 rings (SSSR count). The standard InChI is InChI=1S/C23H18N4/c1-16-11-13-18(14-12-16)22-26-21-23(25-20-10-6-5-9-19(20)24-21)27(22)15-17-7-3-2-4-8-17/h2-14H,15H2,1H3. The first-order chi connectivity index (χ1) is 13.3. The molecule has 2 heterocycles. The van der Waals surface area contributed by atoms with Crippen LogP contribution in [0.25, 0.3) is 33.7 Å². The first-order valence-corrected chi connectivity index (χ1v) is 9.02. The van der Waals surface area contributed by atoms with Gasteiger partial charge in [-0.15, -0.1) is 0 Å². The van der Waals surface area contributed by atoms with Gasteiger partial charge in [0, 0.05) is 5.56 Å². The molecule has 2 aromatic heterocycles. The van der Waals surface area contributed by atoms with Crippen molar-refractivity contribution in [2.45, 2.75) is 13.5 Å². The fourth-order valence-corrected chi connectivity index (χ4v) is 3.34. The highest BCUT2D eigenvalue weighted by atomic mass is 15.2. The van der Waals surface area contributed by atoms with Gasteiger partial charge in [0.05, 0.1) is 17.6 Å². The van der Waals surface area contributed by atoms with Gasteiger partial charge in [-0.3, -0.25) is 0 Å². The number of hydrogen-bond acceptors (Lipinski definition) is 3. The van der Waals surface area contributed by atoms with E-state index in [9.17, 15) is 0 Å². The Hall–Kier alpha value is -3.53. The zero-order valence-electron chi connectivity index (χ0n) is 15.0. The maximum Gasteiger partial charge on any atom is 0.198 e. The minimum absolute atomic E-state index is 0.681. The van der Waals surface area contributed by atoms with Crippen LogP contribution in [0.2, 0.25) is 0 Å². The highest BCUT2D eigenvalue weighted by molar-refractivity contribution is 5.85. The van der Waals surface area contributed by atoms with E-state index >= 15 is 0 Å². The summed E-state index contributed by atoms with van der Waals surface area (Å²) in [5, 5.41) is 0. The third kappa shape index (κ3) is 2.85. The first kappa shape index (κ1) is 15.7. The van der Waals surface area contributed by atoms with Crippen molar-refractivity contribution in [2.75, 3.05) is 0 Å². The average Bonchev–Trinajstić information content (AvgIpc) is 3.05. The zero-order chi connectivity index (χ0) is 18.2. The maximum absolute atomic E-state index is 4.88. The molecule has 0 saturated carbocycles. The van der Waals surface area contributed by atoms with E-state index < -0.39 is 0 Å². The summed E-state index contributed by atoms with van der Waals surface area (Å²) >= 11 is 0. The van der Waals surface area contributed by atoms with E-state index in [1.807, 2.05) is 30.3 Å². The zero-order valence-corrected chi connectivity index (χ0v) is 15.0. The van der Waals surface area contributed by atoms with Crippen molar-refractivity contribution in [3.8, 4) is 11.4 Å². The van der Waals surface area contributed by atoms with Gasteiger partial charge in [0.25, 0.3) is 0 Å². The van der Waals surface area contributed by atoms with E-state index in [2.05, 4.69) is 60.0 Å². The van der Waals surface area contributed by atoms with E-state index in [1.54, 1.807) is 0 Å². The van der Waals surface area contributed by atoms with Crippen LogP contribution in [0, 0.1) is 6.92 Å². The highest BCUT2D eigenvalue weighted by Gasteiger charge is 2.16. The number of para-hydroxylation sites is 2. The molecule has 130 valence electrons. The smallest absolute Gasteiger partial charge is 0.198 e. The lowest BCUT2D eigenvalue weighted by Crippen LogP contribution is -2.03. The number of rotatable bonds is 3. The molecule has 0 radical (unpaired) electrons. The topological polar surface area (TPSA) is 43.6 Å². The molecule has 0 aliphatic rings. The number of benzene rings is 3. The Morgan fingerprint density at radius 1 is 0.704 bits per heavy atom. The second-order valence-electron chi connectivity index (χ2n) is 6.73. The van der Waals surface area contributed by atoms with Crippen molar-refractivity contribution in [3.05, 3.63) is 90.0 Å². The molecule has 3 aromatic carbocycles. The molecule has 0 N–H and O–H groups in total. The summed E-state index contributed by atoms with van der Waals surface area (Å²) in [7, 11) is 0. The summed E-state index contributed by atoms with van der Waals surface area (Å²) in [6, 6.07) is 26.8. The quantitative estimate of drug-likeness (QED) is 0.460. The molecule has 0 fully saturated rings. The lowest BCUT2D eigenvalue weighted by atomic mass is 10.1. The van der Waals surface area contributed by atoms with Crippen molar-refractivity contribution in [2.24, 2.45) is 0 Å². The van der Waals surface area contributed by atoms with E-state index in [0.29, 0.717) is 12.2 Å². The van der Waals surface area contributed by atoms with E-state index in [0.717, 1.165) is 28.1 Å². The molecule has 0 amide bonds. The van der Waals surface area contributed by atoms with Gasteiger partial charge >= 0.3 is 0 Å². The molecule has 0 aliphatic carbocycles. The average molecular weight is 350 g/mol.